The fourth-order valence-corrected chi connectivity index (χ4v) is 4.46. The zero-order valence-corrected chi connectivity index (χ0v) is 10.5. The Morgan fingerprint density at radius 1 is 1.40 bits per heavy atom. The van der Waals surface area contributed by atoms with E-state index in [4.69, 9.17) is 0 Å². The number of anilines is 1. The van der Waals surface area contributed by atoms with Crippen LogP contribution in [0.3, 0.4) is 0 Å². The van der Waals surface area contributed by atoms with E-state index in [1.165, 1.54) is 18.0 Å². The van der Waals surface area contributed by atoms with Crippen molar-refractivity contribution < 1.29 is 8.42 Å². The zero-order chi connectivity index (χ0) is 11.2. The Balaban J connectivity index is 2.46. The Bertz CT molecular complexity index is 496. The molecule has 2 rings (SSSR count). The molecule has 0 aromatic heterocycles. The molecule has 1 heterocycles. The number of benzene rings is 1. The molecular weight excluding hydrogens is 230 g/mol. The molecule has 0 N–H and O–H groups in total. The van der Waals surface area contributed by atoms with Gasteiger partial charge in [-0.15, -0.1) is 0 Å². The molecule has 0 aliphatic carbocycles. The van der Waals surface area contributed by atoms with Crippen molar-refractivity contribution in [3.8, 4) is 0 Å². The third-order valence-electron chi connectivity index (χ3n) is 2.41. The second-order valence-corrected chi connectivity index (χ2v) is 7.36. The SMILES string of the molecule is Cc1ccc2c(c1)SC(S(C)(=O)=O)N2C. The van der Waals surface area contributed by atoms with Gasteiger partial charge in [-0.1, -0.05) is 17.8 Å². The summed E-state index contributed by atoms with van der Waals surface area (Å²) in [6.45, 7) is 2.01. The standard InChI is InChI=1S/C10H13NO2S2/c1-7-4-5-8-9(6-7)14-10(11(8)2)15(3,12)13/h4-6,10H,1-3H3. The van der Waals surface area contributed by atoms with Gasteiger partial charge in [0.15, 0.2) is 14.5 Å². The van der Waals surface area contributed by atoms with Crippen molar-refractivity contribution in [1.82, 2.24) is 0 Å². The molecule has 1 aliphatic heterocycles. The van der Waals surface area contributed by atoms with Crippen LogP contribution in [0.15, 0.2) is 23.1 Å². The third kappa shape index (κ3) is 1.86. The van der Waals surface area contributed by atoms with Gasteiger partial charge in [-0.25, -0.2) is 8.42 Å². The summed E-state index contributed by atoms with van der Waals surface area (Å²) in [6.07, 6.45) is 1.28. The summed E-state index contributed by atoms with van der Waals surface area (Å²) in [5.74, 6) is 0. The van der Waals surface area contributed by atoms with Crippen molar-refractivity contribution in [2.24, 2.45) is 0 Å². The van der Waals surface area contributed by atoms with E-state index in [-0.39, 0.29) is 0 Å². The van der Waals surface area contributed by atoms with Crippen LogP contribution in [0.25, 0.3) is 0 Å². The van der Waals surface area contributed by atoms with Crippen molar-refractivity contribution >= 4 is 27.3 Å². The summed E-state index contributed by atoms with van der Waals surface area (Å²) in [6, 6.07) is 6.01. The average Bonchev–Trinajstić information content (AvgIpc) is 2.42. The molecule has 1 aromatic carbocycles. The normalized spacial score (nSPS) is 20.5. The van der Waals surface area contributed by atoms with Crippen LogP contribution in [0.5, 0.6) is 0 Å². The van der Waals surface area contributed by atoms with Crippen LogP contribution in [-0.2, 0) is 9.84 Å². The van der Waals surface area contributed by atoms with Crippen LogP contribution in [0.4, 0.5) is 5.69 Å². The summed E-state index contributed by atoms with van der Waals surface area (Å²) in [5, 5.41) is 0. The van der Waals surface area contributed by atoms with Crippen molar-refractivity contribution in [2.75, 3.05) is 18.2 Å². The van der Waals surface area contributed by atoms with Gasteiger partial charge in [0.2, 0.25) is 0 Å². The lowest BCUT2D eigenvalue weighted by Gasteiger charge is -2.19. The molecule has 0 amide bonds. The summed E-state index contributed by atoms with van der Waals surface area (Å²) in [5.41, 5.74) is 2.16. The van der Waals surface area contributed by atoms with Gasteiger partial charge < -0.3 is 4.90 Å². The molecule has 0 fully saturated rings. The monoisotopic (exact) mass is 243 g/mol. The molecule has 0 bridgehead atoms. The van der Waals surface area contributed by atoms with Gasteiger partial charge in [-0.3, -0.25) is 0 Å². The molecule has 0 saturated heterocycles. The highest BCUT2D eigenvalue weighted by molar-refractivity contribution is 8.13. The molecule has 1 aliphatic rings. The Kier molecular flexibility index (Phi) is 2.47. The first-order valence-electron chi connectivity index (χ1n) is 4.58. The number of aryl methyl sites for hydroxylation is 1. The molecule has 1 unspecified atom stereocenters. The number of hydrogen-bond donors (Lipinski definition) is 0. The van der Waals surface area contributed by atoms with Gasteiger partial charge in [-0.2, -0.15) is 0 Å². The molecule has 0 radical (unpaired) electrons. The van der Waals surface area contributed by atoms with E-state index in [1.807, 2.05) is 37.1 Å². The summed E-state index contributed by atoms with van der Waals surface area (Å²) in [7, 11) is -1.22. The fourth-order valence-electron chi connectivity index (χ4n) is 1.68. The van der Waals surface area contributed by atoms with E-state index in [1.54, 1.807) is 0 Å². The molecule has 82 valence electrons. The largest absolute Gasteiger partial charge is 0.349 e. The number of thioether (sulfide) groups is 1. The molecule has 3 nitrogen and oxygen atoms in total. The second-order valence-electron chi connectivity index (χ2n) is 3.84. The highest BCUT2D eigenvalue weighted by atomic mass is 32.3. The highest BCUT2D eigenvalue weighted by Crippen LogP contribution is 2.44. The van der Waals surface area contributed by atoms with Crippen LogP contribution in [0, 0.1) is 6.92 Å². The van der Waals surface area contributed by atoms with Gasteiger partial charge in [-0.05, 0) is 24.6 Å². The second kappa shape index (κ2) is 3.42. The van der Waals surface area contributed by atoms with E-state index in [0.717, 1.165) is 16.1 Å². The number of fused-ring (bicyclic) bond motifs is 1. The quantitative estimate of drug-likeness (QED) is 0.754. The van der Waals surface area contributed by atoms with Gasteiger partial charge in [0.1, 0.15) is 0 Å². The van der Waals surface area contributed by atoms with Gasteiger partial charge in [0.25, 0.3) is 0 Å². The van der Waals surface area contributed by atoms with Crippen LogP contribution < -0.4 is 4.90 Å². The molecule has 15 heavy (non-hydrogen) atoms. The van der Waals surface area contributed by atoms with Crippen LogP contribution in [0.1, 0.15) is 5.56 Å². The van der Waals surface area contributed by atoms with E-state index >= 15 is 0 Å². The van der Waals surface area contributed by atoms with E-state index in [0.29, 0.717) is 0 Å². The Labute approximate surface area is 94.4 Å². The maximum atomic E-state index is 11.5. The van der Waals surface area contributed by atoms with Crippen molar-refractivity contribution in [3.63, 3.8) is 0 Å². The lowest BCUT2D eigenvalue weighted by atomic mass is 10.2. The Morgan fingerprint density at radius 3 is 2.67 bits per heavy atom. The van der Waals surface area contributed by atoms with Crippen molar-refractivity contribution in [1.29, 1.82) is 0 Å². The maximum Gasteiger partial charge on any atom is 0.182 e. The van der Waals surface area contributed by atoms with E-state index in [9.17, 15) is 8.42 Å². The van der Waals surface area contributed by atoms with E-state index < -0.39 is 14.5 Å². The molecule has 1 atom stereocenters. The van der Waals surface area contributed by atoms with Crippen LogP contribution in [0.2, 0.25) is 0 Å². The molecule has 0 spiro atoms. The van der Waals surface area contributed by atoms with Gasteiger partial charge in [0.05, 0.1) is 5.69 Å². The minimum atomic E-state index is -3.04. The molecule has 1 aromatic rings. The smallest absolute Gasteiger partial charge is 0.182 e. The van der Waals surface area contributed by atoms with Gasteiger partial charge in [0, 0.05) is 18.2 Å². The number of hydrogen-bond acceptors (Lipinski definition) is 4. The number of nitrogens with zero attached hydrogens (tertiary/aromatic N) is 1. The summed E-state index contributed by atoms with van der Waals surface area (Å²) < 4.78 is 22.6. The average molecular weight is 243 g/mol. The van der Waals surface area contributed by atoms with Crippen molar-refractivity contribution in [2.45, 2.75) is 16.5 Å². The molecular formula is C10H13NO2S2. The lowest BCUT2D eigenvalue weighted by Crippen LogP contribution is -2.31. The number of sulfone groups is 1. The van der Waals surface area contributed by atoms with Crippen molar-refractivity contribution in [3.05, 3.63) is 23.8 Å². The predicted molar refractivity (Wildman–Crippen MR) is 64.1 cm³/mol. The Hall–Kier alpha value is -0.680. The predicted octanol–water partition coefficient (Wildman–Crippen LogP) is 1.87. The first-order valence-corrected chi connectivity index (χ1v) is 7.42. The minimum Gasteiger partial charge on any atom is -0.349 e. The summed E-state index contributed by atoms with van der Waals surface area (Å²) >= 11 is 1.40. The zero-order valence-electron chi connectivity index (χ0n) is 8.89. The third-order valence-corrected chi connectivity index (χ3v) is 5.89. The lowest BCUT2D eigenvalue weighted by molar-refractivity contribution is 0.598. The number of rotatable bonds is 1. The fraction of sp³-hybridized carbons (Fsp3) is 0.400. The molecule has 5 heteroatoms. The molecule has 0 saturated carbocycles. The van der Waals surface area contributed by atoms with Gasteiger partial charge >= 0.3 is 0 Å². The van der Waals surface area contributed by atoms with E-state index in [2.05, 4.69) is 0 Å². The Morgan fingerprint density at radius 2 is 2.07 bits per heavy atom. The van der Waals surface area contributed by atoms with Crippen LogP contribution in [-0.4, -0.2) is 26.4 Å². The topological polar surface area (TPSA) is 37.4 Å². The summed E-state index contributed by atoms with van der Waals surface area (Å²) in [4.78, 5) is 2.86. The first-order chi connectivity index (χ1) is 6.89. The highest BCUT2D eigenvalue weighted by Gasteiger charge is 2.34. The maximum absolute atomic E-state index is 11.5. The van der Waals surface area contributed by atoms with Crippen LogP contribution >= 0.6 is 11.8 Å². The first kappa shape index (κ1) is 10.8. The minimum absolute atomic E-state index is 0.478.